The quantitative estimate of drug-likeness (QED) is 0.797. The highest BCUT2D eigenvalue weighted by molar-refractivity contribution is 5.81. The van der Waals surface area contributed by atoms with E-state index in [0.29, 0.717) is 19.0 Å². The number of benzene rings is 2. The first-order valence-electron chi connectivity index (χ1n) is 6.93. The number of anilines is 1. The molecule has 106 valence electrons. The summed E-state index contributed by atoms with van der Waals surface area (Å²) in [5, 5.41) is 1.03. The second-order valence-corrected chi connectivity index (χ2v) is 4.91. The first kappa shape index (κ1) is 13.4. The van der Waals surface area contributed by atoms with Crippen LogP contribution >= 0.6 is 0 Å². The van der Waals surface area contributed by atoms with Gasteiger partial charge >= 0.3 is 0 Å². The lowest BCUT2D eigenvalue weighted by atomic mass is 10.1. The maximum absolute atomic E-state index is 5.83. The third-order valence-corrected chi connectivity index (χ3v) is 3.39. The zero-order chi connectivity index (χ0) is 14.7. The topological polar surface area (TPSA) is 61.0 Å². The standard InChI is InChI=1S/C17H17N3O/c1-12-6-2-5-9-16(12)21-11-10-15-13-7-3-4-8-14(13)19-17(18)20-15/h2-9H,10-11H2,1H3,(H2,18,19,20). The molecule has 0 saturated heterocycles. The van der Waals surface area contributed by atoms with E-state index >= 15 is 0 Å². The largest absolute Gasteiger partial charge is 0.493 e. The fourth-order valence-corrected chi connectivity index (χ4v) is 2.33. The molecule has 0 bridgehead atoms. The van der Waals surface area contributed by atoms with Gasteiger partial charge in [-0.2, -0.15) is 0 Å². The van der Waals surface area contributed by atoms with Crippen molar-refractivity contribution in [3.05, 3.63) is 59.8 Å². The van der Waals surface area contributed by atoms with Gasteiger partial charge in [0, 0.05) is 11.8 Å². The van der Waals surface area contributed by atoms with Crippen molar-refractivity contribution in [3.8, 4) is 5.75 Å². The highest BCUT2D eigenvalue weighted by Crippen LogP contribution is 2.19. The Morgan fingerprint density at radius 2 is 1.76 bits per heavy atom. The van der Waals surface area contributed by atoms with E-state index in [1.807, 2.05) is 55.5 Å². The fraction of sp³-hybridized carbons (Fsp3) is 0.176. The molecule has 0 aliphatic rings. The zero-order valence-corrected chi connectivity index (χ0v) is 11.9. The van der Waals surface area contributed by atoms with E-state index in [4.69, 9.17) is 10.5 Å². The maximum Gasteiger partial charge on any atom is 0.220 e. The van der Waals surface area contributed by atoms with Crippen LogP contribution in [0.3, 0.4) is 0 Å². The summed E-state index contributed by atoms with van der Waals surface area (Å²) in [4.78, 5) is 8.58. The highest BCUT2D eigenvalue weighted by Gasteiger charge is 2.06. The van der Waals surface area contributed by atoms with Gasteiger partial charge < -0.3 is 10.5 Å². The van der Waals surface area contributed by atoms with Crippen molar-refractivity contribution < 1.29 is 4.74 Å². The van der Waals surface area contributed by atoms with Crippen LogP contribution in [0.4, 0.5) is 5.95 Å². The summed E-state index contributed by atoms with van der Waals surface area (Å²) in [6.07, 6.45) is 0.696. The molecule has 0 unspecified atom stereocenters. The first-order chi connectivity index (χ1) is 10.2. The summed E-state index contributed by atoms with van der Waals surface area (Å²) in [6, 6.07) is 15.9. The number of nitrogens with two attached hydrogens (primary N) is 1. The van der Waals surface area contributed by atoms with Gasteiger partial charge in [-0.3, -0.25) is 0 Å². The minimum absolute atomic E-state index is 0.305. The zero-order valence-electron chi connectivity index (χ0n) is 11.9. The predicted octanol–water partition coefficient (Wildman–Crippen LogP) is 3.14. The van der Waals surface area contributed by atoms with Gasteiger partial charge in [0.25, 0.3) is 0 Å². The van der Waals surface area contributed by atoms with Gasteiger partial charge in [-0.05, 0) is 24.6 Å². The predicted molar refractivity (Wildman–Crippen MR) is 84.3 cm³/mol. The Morgan fingerprint density at radius 3 is 2.62 bits per heavy atom. The molecule has 3 aromatic rings. The third kappa shape index (κ3) is 2.94. The van der Waals surface area contributed by atoms with Crippen molar-refractivity contribution in [2.75, 3.05) is 12.3 Å². The molecule has 4 nitrogen and oxygen atoms in total. The van der Waals surface area contributed by atoms with Crippen LogP contribution in [0, 0.1) is 6.92 Å². The number of ether oxygens (including phenoxy) is 1. The summed E-state index contributed by atoms with van der Waals surface area (Å²) >= 11 is 0. The van der Waals surface area contributed by atoms with E-state index in [2.05, 4.69) is 9.97 Å². The SMILES string of the molecule is Cc1ccccc1OCCc1nc(N)nc2ccccc12. The Bertz CT molecular complexity index is 771. The van der Waals surface area contributed by atoms with Gasteiger partial charge in [-0.15, -0.1) is 0 Å². The van der Waals surface area contributed by atoms with E-state index in [9.17, 15) is 0 Å². The van der Waals surface area contributed by atoms with Crippen LogP contribution in [-0.4, -0.2) is 16.6 Å². The number of fused-ring (bicyclic) bond motifs is 1. The van der Waals surface area contributed by atoms with Gasteiger partial charge in [0.2, 0.25) is 5.95 Å². The lowest BCUT2D eigenvalue weighted by Gasteiger charge is -2.10. The van der Waals surface area contributed by atoms with Crippen LogP contribution < -0.4 is 10.5 Å². The van der Waals surface area contributed by atoms with Gasteiger partial charge in [0.15, 0.2) is 0 Å². The second kappa shape index (κ2) is 5.79. The smallest absolute Gasteiger partial charge is 0.220 e. The minimum atomic E-state index is 0.305. The lowest BCUT2D eigenvalue weighted by molar-refractivity contribution is 0.319. The van der Waals surface area contributed by atoms with Crippen LogP contribution in [-0.2, 0) is 6.42 Å². The third-order valence-electron chi connectivity index (χ3n) is 3.39. The molecule has 0 aliphatic heterocycles. The molecule has 0 fully saturated rings. The van der Waals surface area contributed by atoms with Gasteiger partial charge in [0.1, 0.15) is 5.75 Å². The Kier molecular flexibility index (Phi) is 3.69. The van der Waals surface area contributed by atoms with E-state index in [-0.39, 0.29) is 0 Å². The van der Waals surface area contributed by atoms with Gasteiger partial charge in [0.05, 0.1) is 17.8 Å². The van der Waals surface area contributed by atoms with Crippen molar-refractivity contribution in [2.24, 2.45) is 0 Å². The summed E-state index contributed by atoms with van der Waals surface area (Å²) in [5.41, 5.74) is 8.69. The number of aryl methyl sites for hydroxylation is 1. The molecule has 3 rings (SSSR count). The highest BCUT2D eigenvalue weighted by atomic mass is 16.5. The molecule has 0 amide bonds. The number of hydrogen-bond donors (Lipinski definition) is 1. The van der Waals surface area contributed by atoms with Crippen molar-refractivity contribution >= 4 is 16.9 Å². The number of hydrogen-bond acceptors (Lipinski definition) is 4. The summed E-state index contributed by atoms with van der Waals surface area (Å²) < 4.78 is 5.83. The summed E-state index contributed by atoms with van der Waals surface area (Å²) in [7, 11) is 0. The Morgan fingerprint density at radius 1 is 1.00 bits per heavy atom. The van der Waals surface area contributed by atoms with Crippen molar-refractivity contribution in [2.45, 2.75) is 13.3 Å². The van der Waals surface area contributed by atoms with E-state index in [1.54, 1.807) is 0 Å². The van der Waals surface area contributed by atoms with Crippen LogP contribution in [0.5, 0.6) is 5.75 Å². The summed E-state index contributed by atoms with van der Waals surface area (Å²) in [5.74, 6) is 1.21. The minimum Gasteiger partial charge on any atom is -0.493 e. The maximum atomic E-state index is 5.83. The average Bonchev–Trinajstić information content (AvgIpc) is 2.49. The van der Waals surface area contributed by atoms with Crippen LogP contribution in [0.15, 0.2) is 48.5 Å². The van der Waals surface area contributed by atoms with Crippen LogP contribution in [0.2, 0.25) is 0 Å². The number of para-hydroxylation sites is 2. The van der Waals surface area contributed by atoms with Gasteiger partial charge in [-0.1, -0.05) is 36.4 Å². The molecule has 2 N–H and O–H groups in total. The normalized spacial score (nSPS) is 10.7. The fourth-order valence-electron chi connectivity index (χ4n) is 2.33. The van der Waals surface area contributed by atoms with E-state index in [0.717, 1.165) is 27.9 Å². The molecule has 21 heavy (non-hydrogen) atoms. The molecule has 0 spiro atoms. The average molecular weight is 279 g/mol. The Hall–Kier alpha value is -2.62. The number of nitrogen functional groups attached to an aromatic ring is 1. The molecule has 4 heteroatoms. The molecule has 0 radical (unpaired) electrons. The van der Waals surface area contributed by atoms with Crippen molar-refractivity contribution in [1.82, 2.24) is 9.97 Å². The Balaban J connectivity index is 1.78. The number of aromatic nitrogens is 2. The first-order valence-corrected chi connectivity index (χ1v) is 6.93. The van der Waals surface area contributed by atoms with Gasteiger partial charge in [-0.25, -0.2) is 9.97 Å². The molecule has 2 aromatic carbocycles. The van der Waals surface area contributed by atoms with Crippen LogP contribution in [0.1, 0.15) is 11.3 Å². The monoisotopic (exact) mass is 279 g/mol. The molecule has 0 saturated carbocycles. The van der Waals surface area contributed by atoms with Crippen molar-refractivity contribution in [3.63, 3.8) is 0 Å². The Labute approximate surface area is 123 Å². The molecule has 1 heterocycles. The molecule has 1 aromatic heterocycles. The van der Waals surface area contributed by atoms with E-state index < -0.39 is 0 Å². The van der Waals surface area contributed by atoms with Crippen molar-refractivity contribution in [1.29, 1.82) is 0 Å². The van der Waals surface area contributed by atoms with Crippen LogP contribution in [0.25, 0.3) is 10.9 Å². The molecular formula is C17H17N3O. The lowest BCUT2D eigenvalue weighted by Crippen LogP contribution is -2.07. The number of rotatable bonds is 4. The number of nitrogens with zero attached hydrogens (tertiary/aromatic N) is 2. The summed E-state index contributed by atoms with van der Waals surface area (Å²) in [6.45, 7) is 2.60. The molecule has 0 atom stereocenters. The van der Waals surface area contributed by atoms with E-state index in [1.165, 1.54) is 0 Å². The molecular weight excluding hydrogens is 262 g/mol. The molecule has 0 aliphatic carbocycles. The second-order valence-electron chi connectivity index (χ2n) is 4.91.